The fraction of sp³-hybridized carbons (Fsp3) is 0.364. The van der Waals surface area contributed by atoms with Gasteiger partial charge in [-0.05, 0) is 17.7 Å². The van der Waals surface area contributed by atoms with Crippen LogP contribution in [0.3, 0.4) is 0 Å². The molecule has 1 aromatic carbocycles. The Kier molecular flexibility index (Phi) is 5.66. The third-order valence-electron chi connectivity index (χ3n) is 2.88. The normalized spacial score (nSPS) is 23.3. The molecule has 3 unspecified atom stereocenters. The van der Waals surface area contributed by atoms with Crippen molar-refractivity contribution in [3.8, 4) is 0 Å². The van der Waals surface area contributed by atoms with Gasteiger partial charge in [-0.25, -0.2) is 0 Å². The number of benzene rings is 1. The van der Waals surface area contributed by atoms with Gasteiger partial charge in [0.1, 0.15) is 6.61 Å². The van der Waals surface area contributed by atoms with E-state index in [0.717, 1.165) is 0 Å². The van der Waals surface area contributed by atoms with E-state index >= 15 is 0 Å². The van der Waals surface area contributed by atoms with Crippen molar-refractivity contribution in [2.24, 2.45) is 0 Å². The minimum absolute atomic E-state index is 0.0664. The van der Waals surface area contributed by atoms with Crippen LogP contribution in [0.4, 0.5) is 5.69 Å². The lowest BCUT2D eigenvalue weighted by atomic mass is 10.0. The molecule has 0 bridgehead atoms. The van der Waals surface area contributed by atoms with E-state index in [2.05, 4.69) is 5.32 Å². The summed E-state index contributed by atoms with van der Waals surface area (Å²) in [6.45, 7) is -0.0664. The van der Waals surface area contributed by atoms with Crippen LogP contribution < -0.4 is 5.32 Å². The minimum Gasteiger partial charge on any atom is -0.345 e. The monoisotopic (exact) mass is 367 g/mol. The first-order valence-electron chi connectivity index (χ1n) is 5.98. The lowest BCUT2D eigenvalue weighted by Gasteiger charge is -2.25. The molecule has 1 N–H and O–H groups in total. The van der Waals surface area contributed by atoms with Crippen molar-refractivity contribution in [3.63, 3.8) is 0 Å². The van der Waals surface area contributed by atoms with Crippen LogP contribution in [0.2, 0.25) is 0 Å². The van der Waals surface area contributed by atoms with Gasteiger partial charge in [0.25, 0.3) is 11.6 Å². The van der Waals surface area contributed by atoms with Gasteiger partial charge >= 0.3 is 8.25 Å². The minimum atomic E-state index is -2.34. The van der Waals surface area contributed by atoms with Crippen molar-refractivity contribution in [1.29, 1.82) is 0 Å². The maximum atomic E-state index is 11.6. The molecule has 1 aromatic rings. The molecule has 1 saturated heterocycles. The third kappa shape index (κ3) is 4.12. The molecule has 118 valence electrons. The Balaban J connectivity index is 2.20. The SMILES string of the molecule is O=C(NC1CO[P+](=O)OC1c1ccc([N+](=O)[O-])cc1)C(Cl)Cl. The van der Waals surface area contributed by atoms with Crippen molar-refractivity contribution in [2.75, 3.05) is 6.61 Å². The Labute approximate surface area is 135 Å². The van der Waals surface area contributed by atoms with Gasteiger partial charge in [0.05, 0.1) is 11.0 Å². The zero-order valence-corrected chi connectivity index (χ0v) is 13.3. The fourth-order valence-corrected chi connectivity index (χ4v) is 2.79. The van der Waals surface area contributed by atoms with Gasteiger partial charge < -0.3 is 5.32 Å². The molecule has 3 atom stereocenters. The van der Waals surface area contributed by atoms with Crippen molar-refractivity contribution < 1.29 is 23.3 Å². The smallest absolute Gasteiger partial charge is 0.345 e. The number of halogens is 2. The highest BCUT2D eigenvalue weighted by Crippen LogP contribution is 2.40. The van der Waals surface area contributed by atoms with E-state index in [1.165, 1.54) is 24.3 Å². The van der Waals surface area contributed by atoms with Crippen LogP contribution in [0.5, 0.6) is 0 Å². The Morgan fingerprint density at radius 2 is 2.05 bits per heavy atom. The Bertz CT molecular complexity index is 597. The first-order chi connectivity index (χ1) is 10.4. The molecule has 0 radical (unpaired) electrons. The highest BCUT2D eigenvalue weighted by molar-refractivity contribution is 7.33. The van der Waals surface area contributed by atoms with Crippen LogP contribution in [0, 0.1) is 10.1 Å². The second kappa shape index (κ2) is 7.30. The van der Waals surface area contributed by atoms with E-state index in [4.69, 9.17) is 32.2 Å². The number of amides is 1. The molecule has 8 nitrogen and oxygen atoms in total. The molecular weight excluding hydrogens is 358 g/mol. The van der Waals surface area contributed by atoms with E-state index in [0.29, 0.717) is 5.56 Å². The van der Waals surface area contributed by atoms with E-state index in [1.807, 2.05) is 0 Å². The molecule has 1 aliphatic rings. The summed E-state index contributed by atoms with van der Waals surface area (Å²) >= 11 is 10.9. The van der Waals surface area contributed by atoms with Crippen molar-refractivity contribution >= 4 is 43.1 Å². The second-order valence-corrected chi connectivity index (χ2v) is 6.32. The summed E-state index contributed by atoms with van der Waals surface area (Å²) in [4.78, 5) is 20.4. The van der Waals surface area contributed by atoms with Gasteiger partial charge in [0.2, 0.25) is 0 Å². The van der Waals surface area contributed by atoms with Crippen LogP contribution >= 0.6 is 31.5 Å². The molecule has 22 heavy (non-hydrogen) atoms. The van der Waals surface area contributed by atoms with Crippen molar-refractivity contribution in [3.05, 3.63) is 39.9 Å². The van der Waals surface area contributed by atoms with Gasteiger partial charge in [0.15, 0.2) is 10.9 Å². The maximum absolute atomic E-state index is 11.6. The number of nitrogens with zero attached hydrogens (tertiary/aromatic N) is 1. The van der Waals surface area contributed by atoms with E-state index in [9.17, 15) is 19.5 Å². The number of nitro benzene ring substituents is 1. The number of carbonyl (C=O) groups is 1. The maximum Gasteiger partial charge on any atom is 0.698 e. The Morgan fingerprint density at radius 3 is 2.59 bits per heavy atom. The zero-order chi connectivity index (χ0) is 16.3. The van der Waals surface area contributed by atoms with Crippen LogP contribution in [-0.4, -0.2) is 28.3 Å². The summed E-state index contributed by atoms with van der Waals surface area (Å²) in [6.07, 6.45) is -0.797. The first-order valence-corrected chi connectivity index (χ1v) is 7.95. The van der Waals surface area contributed by atoms with Crippen molar-refractivity contribution in [2.45, 2.75) is 17.0 Å². The second-order valence-electron chi connectivity index (χ2n) is 4.31. The average molecular weight is 368 g/mol. The number of nitrogens with one attached hydrogen (secondary N) is 1. The van der Waals surface area contributed by atoms with E-state index in [1.54, 1.807) is 0 Å². The zero-order valence-electron chi connectivity index (χ0n) is 10.8. The number of carbonyl (C=O) groups excluding carboxylic acids is 1. The fourth-order valence-electron chi connectivity index (χ4n) is 1.87. The number of hydrogen-bond acceptors (Lipinski definition) is 6. The van der Waals surface area contributed by atoms with Crippen LogP contribution in [0.1, 0.15) is 11.7 Å². The lowest BCUT2D eigenvalue weighted by molar-refractivity contribution is -0.384. The molecule has 1 fully saturated rings. The highest BCUT2D eigenvalue weighted by Gasteiger charge is 2.43. The molecule has 1 amide bonds. The number of non-ortho nitro benzene ring substituents is 1. The van der Waals surface area contributed by atoms with Crippen LogP contribution in [-0.2, 0) is 18.4 Å². The van der Waals surface area contributed by atoms with Gasteiger partial charge in [-0.2, -0.15) is 0 Å². The van der Waals surface area contributed by atoms with Crippen LogP contribution in [0.25, 0.3) is 0 Å². The topological polar surface area (TPSA) is 108 Å². The lowest BCUT2D eigenvalue weighted by Crippen LogP contribution is -2.46. The predicted molar refractivity (Wildman–Crippen MR) is 77.9 cm³/mol. The largest absolute Gasteiger partial charge is 0.698 e. The summed E-state index contributed by atoms with van der Waals surface area (Å²) in [5.74, 6) is -0.649. The van der Waals surface area contributed by atoms with Gasteiger partial charge in [0, 0.05) is 16.7 Å². The summed E-state index contributed by atoms with van der Waals surface area (Å²) in [5, 5.41) is 13.2. The molecular formula is C11H10Cl2N2O6P+. The third-order valence-corrected chi connectivity index (χ3v) is 4.04. The molecule has 0 spiro atoms. The van der Waals surface area contributed by atoms with Gasteiger partial charge in [-0.15, -0.1) is 9.05 Å². The van der Waals surface area contributed by atoms with Crippen molar-refractivity contribution in [1.82, 2.24) is 5.32 Å². The molecule has 0 saturated carbocycles. The molecule has 0 aromatic heterocycles. The summed E-state index contributed by atoms with van der Waals surface area (Å²) < 4.78 is 21.5. The van der Waals surface area contributed by atoms with E-state index < -0.39 is 36.1 Å². The number of hydrogen-bond donors (Lipinski definition) is 1. The van der Waals surface area contributed by atoms with Crippen LogP contribution in [0.15, 0.2) is 24.3 Å². The molecule has 0 aliphatic carbocycles. The summed E-state index contributed by atoms with van der Waals surface area (Å²) in [7, 11) is -2.34. The Morgan fingerprint density at radius 1 is 1.41 bits per heavy atom. The van der Waals surface area contributed by atoms with Gasteiger partial charge in [-0.1, -0.05) is 23.2 Å². The molecule has 1 heterocycles. The van der Waals surface area contributed by atoms with Gasteiger partial charge in [-0.3, -0.25) is 14.9 Å². The number of rotatable bonds is 4. The average Bonchev–Trinajstić information content (AvgIpc) is 2.49. The quantitative estimate of drug-likeness (QED) is 0.379. The summed E-state index contributed by atoms with van der Waals surface area (Å²) in [6, 6.07) is 4.80. The first kappa shape index (κ1) is 17.1. The molecule has 11 heteroatoms. The number of alkyl halides is 2. The standard InChI is InChI=1S/C11H9Cl2N2O6P/c12-10(13)11(16)14-8-5-20-22(19)21-9(8)6-1-3-7(4-2-6)15(17)18/h1-4,8-10H,5H2/p+1. The number of nitro groups is 1. The van der Waals surface area contributed by atoms with E-state index in [-0.39, 0.29) is 12.3 Å². The highest BCUT2D eigenvalue weighted by atomic mass is 35.5. The summed E-state index contributed by atoms with van der Waals surface area (Å²) in [5.41, 5.74) is 0.408. The molecule has 2 rings (SSSR count). The Hall–Kier alpha value is -1.31. The molecule has 1 aliphatic heterocycles. The predicted octanol–water partition coefficient (Wildman–Crippen LogP) is 2.63.